The first-order chi connectivity index (χ1) is 13.5. The Balaban J connectivity index is 1.53. The summed E-state index contributed by atoms with van der Waals surface area (Å²) in [6.07, 6.45) is 0. The number of aromatic nitrogens is 1. The predicted molar refractivity (Wildman–Crippen MR) is 105 cm³/mol. The number of ether oxygens (including phenoxy) is 1. The fraction of sp³-hybridized carbons (Fsp3) is 0.100. The molecule has 1 aliphatic heterocycles. The molecule has 28 heavy (non-hydrogen) atoms. The molecule has 8 heteroatoms. The second-order valence-corrected chi connectivity index (χ2v) is 7.01. The van der Waals surface area contributed by atoms with E-state index in [1.807, 2.05) is 29.6 Å². The Morgan fingerprint density at radius 3 is 2.50 bits per heavy atom. The highest BCUT2D eigenvalue weighted by Gasteiger charge is 2.33. The number of nitrogens with one attached hydrogen (secondary N) is 1. The Morgan fingerprint density at radius 2 is 1.79 bits per heavy atom. The average Bonchev–Trinajstić information content (AvgIpc) is 3.27. The summed E-state index contributed by atoms with van der Waals surface area (Å²) < 4.78 is 5.14. The van der Waals surface area contributed by atoms with Gasteiger partial charge in [-0.05, 0) is 42.5 Å². The van der Waals surface area contributed by atoms with Crippen LogP contribution in [0.3, 0.4) is 0 Å². The first-order valence-corrected chi connectivity index (χ1v) is 9.23. The molecule has 3 aromatic rings. The molecule has 0 aliphatic carbocycles. The van der Waals surface area contributed by atoms with Gasteiger partial charge in [-0.1, -0.05) is 0 Å². The third-order valence-electron chi connectivity index (χ3n) is 4.46. The van der Waals surface area contributed by atoms with Gasteiger partial charge in [0.2, 0.25) is 0 Å². The number of anilines is 1. The summed E-state index contributed by atoms with van der Waals surface area (Å²) in [7, 11) is 3.02. The summed E-state index contributed by atoms with van der Waals surface area (Å²) in [5.41, 5.74) is 2.47. The third-order valence-corrected chi connectivity index (χ3v) is 5.22. The van der Waals surface area contributed by atoms with Gasteiger partial charge >= 0.3 is 0 Å². The van der Waals surface area contributed by atoms with E-state index in [1.54, 1.807) is 7.11 Å². The number of carbonyl (C=O) groups is 3. The summed E-state index contributed by atoms with van der Waals surface area (Å²) in [4.78, 5) is 42.1. The van der Waals surface area contributed by atoms with Gasteiger partial charge in [0.25, 0.3) is 17.7 Å². The molecule has 0 saturated heterocycles. The predicted octanol–water partition coefficient (Wildman–Crippen LogP) is 3.30. The van der Waals surface area contributed by atoms with Crippen LogP contribution in [0.2, 0.25) is 0 Å². The quantitative estimate of drug-likeness (QED) is 0.687. The maximum Gasteiger partial charge on any atom is 0.261 e. The van der Waals surface area contributed by atoms with Crippen molar-refractivity contribution in [3.8, 4) is 17.0 Å². The minimum Gasteiger partial charge on any atom is -0.497 e. The largest absolute Gasteiger partial charge is 0.497 e. The highest BCUT2D eigenvalue weighted by Crippen LogP contribution is 2.27. The highest BCUT2D eigenvalue weighted by molar-refractivity contribution is 7.14. The smallest absolute Gasteiger partial charge is 0.261 e. The number of rotatable bonds is 4. The van der Waals surface area contributed by atoms with Crippen molar-refractivity contribution in [2.24, 2.45) is 0 Å². The number of nitrogens with zero attached hydrogens (tertiary/aromatic N) is 2. The van der Waals surface area contributed by atoms with Crippen molar-refractivity contribution in [1.82, 2.24) is 9.88 Å². The Bertz CT molecular complexity index is 1100. The van der Waals surface area contributed by atoms with Gasteiger partial charge in [0.15, 0.2) is 5.13 Å². The number of thiazole rings is 1. The zero-order chi connectivity index (χ0) is 19.8. The van der Waals surface area contributed by atoms with E-state index in [0.29, 0.717) is 10.7 Å². The van der Waals surface area contributed by atoms with Crippen molar-refractivity contribution in [3.63, 3.8) is 0 Å². The minimum absolute atomic E-state index is 0.234. The van der Waals surface area contributed by atoms with Crippen molar-refractivity contribution in [2.75, 3.05) is 19.5 Å². The molecule has 1 aliphatic rings. The molecule has 1 N–H and O–H groups in total. The topological polar surface area (TPSA) is 88.6 Å². The van der Waals surface area contributed by atoms with E-state index in [0.717, 1.165) is 21.9 Å². The van der Waals surface area contributed by atoms with Gasteiger partial charge in [0, 0.05) is 23.6 Å². The van der Waals surface area contributed by atoms with E-state index in [9.17, 15) is 14.4 Å². The lowest BCUT2D eigenvalue weighted by Gasteiger charge is -2.03. The van der Waals surface area contributed by atoms with Gasteiger partial charge in [-0.25, -0.2) is 4.98 Å². The molecule has 2 heterocycles. The molecule has 0 unspecified atom stereocenters. The summed E-state index contributed by atoms with van der Waals surface area (Å²) >= 11 is 1.30. The molecule has 0 radical (unpaired) electrons. The van der Waals surface area contributed by atoms with Crippen LogP contribution in [0.25, 0.3) is 11.3 Å². The molecular weight excluding hydrogens is 378 g/mol. The van der Waals surface area contributed by atoms with Gasteiger partial charge in [0.05, 0.1) is 23.9 Å². The van der Waals surface area contributed by atoms with Gasteiger partial charge in [0.1, 0.15) is 5.75 Å². The Kier molecular flexibility index (Phi) is 4.40. The minimum atomic E-state index is -0.411. The molecule has 140 valence electrons. The van der Waals surface area contributed by atoms with Crippen LogP contribution in [0, 0.1) is 0 Å². The van der Waals surface area contributed by atoms with Crippen LogP contribution in [0.5, 0.6) is 5.75 Å². The Labute approximate surface area is 164 Å². The number of imide groups is 1. The van der Waals surface area contributed by atoms with Crippen molar-refractivity contribution >= 4 is 34.2 Å². The lowest BCUT2D eigenvalue weighted by Crippen LogP contribution is -2.24. The number of hydrogen-bond acceptors (Lipinski definition) is 6. The van der Waals surface area contributed by atoms with E-state index >= 15 is 0 Å². The summed E-state index contributed by atoms with van der Waals surface area (Å²) in [5, 5.41) is 5.02. The summed E-state index contributed by atoms with van der Waals surface area (Å²) in [5.74, 6) is -0.419. The third kappa shape index (κ3) is 3.03. The first-order valence-electron chi connectivity index (χ1n) is 8.35. The fourth-order valence-electron chi connectivity index (χ4n) is 2.90. The van der Waals surface area contributed by atoms with E-state index in [1.165, 1.54) is 36.6 Å². The maximum atomic E-state index is 12.5. The number of carbonyl (C=O) groups excluding carboxylic acids is 3. The molecule has 1 aromatic heterocycles. The number of benzene rings is 2. The number of fused-ring (bicyclic) bond motifs is 1. The highest BCUT2D eigenvalue weighted by atomic mass is 32.1. The first kappa shape index (κ1) is 17.9. The Morgan fingerprint density at radius 1 is 1.07 bits per heavy atom. The van der Waals surface area contributed by atoms with Gasteiger partial charge < -0.3 is 4.74 Å². The van der Waals surface area contributed by atoms with Crippen LogP contribution in [-0.4, -0.2) is 41.8 Å². The standard InChI is InChI=1S/C20H15N3O4S/c1-23-18(25)14-8-5-12(9-15(14)19(23)26)17(24)22-20-21-16(10-28-20)11-3-6-13(27-2)7-4-11/h3-10H,1-2H3,(H,21,22,24). The molecule has 2 aromatic carbocycles. The molecule has 0 saturated carbocycles. The fourth-order valence-corrected chi connectivity index (χ4v) is 3.61. The van der Waals surface area contributed by atoms with Crippen molar-refractivity contribution in [3.05, 3.63) is 64.5 Å². The van der Waals surface area contributed by atoms with Crippen LogP contribution in [0.15, 0.2) is 47.8 Å². The van der Waals surface area contributed by atoms with E-state index in [-0.39, 0.29) is 17.0 Å². The van der Waals surface area contributed by atoms with Gasteiger partial charge in [-0.2, -0.15) is 0 Å². The van der Waals surface area contributed by atoms with Gasteiger partial charge in [-0.15, -0.1) is 11.3 Å². The van der Waals surface area contributed by atoms with Crippen molar-refractivity contribution in [1.29, 1.82) is 0 Å². The monoisotopic (exact) mass is 393 g/mol. The normalized spacial score (nSPS) is 12.9. The molecule has 0 fully saturated rings. The average molecular weight is 393 g/mol. The van der Waals surface area contributed by atoms with Gasteiger partial charge in [-0.3, -0.25) is 24.6 Å². The molecule has 4 rings (SSSR count). The SMILES string of the molecule is COc1ccc(-c2csc(NC(=O)c3ccc4c(c3)C(=O)N(C)C4=O)n2)cc1. The number of hydrogen-bond donors (Lipinski definition) is 1. The van der Waals surface area contributed by atoms with Crippen molar-refractivity contribution in [2.45, 2.75) is 0 Å². The molecule has 3 amide bonds. The van der Waals surface area contributed by atoms with Crippen LogP contribution < -0.4 is 10.1 Å². The number of methoxy groups -OCH3 is 1. The van der Waals surface area contributed by atoms with E-state index in [2.05, 4.69) is 10.3 Å². The van der Waals surface area contributed by atoms with E-state index in [4.69, 9.17) is 4.74 Å². The zero-order valence-corrected chi connectivity index (χ0v) is 15.9. The second kappa shape index (κ2) is 6.90. The lowest BCUT2D eigenvalue weighted by atomic mass is 10.1. The molecule has 0 bridgehead atoms. The Hall–Kier alpha value is -3.52. The molecule has 0 spiro atoms. The number of amides is 3. The van der Waals surface area contributed by atoms with Crippen molar-refractivity contribution < 1.29 is 19.1 Å². The molecular formula is C20H15N3O4S. The van der Waals surface area contributed by atoms with E-state index < -0.39 is 11.8 Å². The maximum absolute atomic E-state index is 12.5. The van der Waals surface area contributed by atoms with Crippen LogP contribution in [-0.2, 0) is 0 Å². The van der Waals surface area contributed by atoms with Crippen LogP contribution in [0.1, 0.15) is 31.1 Å². The van der Waals surface area contributed by atoms with Crippen LogP contribution >= 0.6 is 11.3 Å². The molecule has 7 nitrogen and oxygen atoms in total. The molecule has 0 atom stereocenters. The lowest BCUT2D eigenvalue weighted by molar-refractivity contribution is 0.0693. The zero-order valence-electron chi connectivity index (χ0n) is 15.1. The summed E-state index contributed by atoms with van der Waals surface area (Å²) in [6, 6.07) is 11.9. The second-order valence-electron chi connectivity index (χ2n) is 6.15. The van der Waals surface area contributed by atoms with Crippen LogP contribution in [0.4, 0.5) is 5.13 Å². The summed E-state index contributed by atoms with van der Waals surface area (Å²) in [6.45, 7) is 0.